The number of para-hydroxylation sites is 1. The van der Waals surface area contributed by atoms with Gasteiger partial charge in [0.1, 0.15) is 11.5 Å². The van der Waals surface area contributed by atoms with Crippen molar-refractivity contribution in [2.45, 2.75) is 13.0 Å². The molecule has 2 aromatic rings. The van der Waals surface area contributed by atoms with E-state index in [0.29, 0.717) is 13.1 Å². The summed E-state index contributed by atoms with van der Waals surface area (Å²) >= 11 is 0. The Balaban J connectivity index is 1.74. The van der Waals surface area contributed by atoms with Gasteiger partial charge in [0.25, 0.3) is 0 Å². The average molecular weight is 314 g/mol. The number of carbonyl (C=O) groups excluding carboxylic acids is 1. The summed E-state index contributed by atoms with van der Waals surface area (Å²) in [5, 5.41) is 5.67. The summed E-state index contributed by atoms with van der Waals surface area (Å²) in [6.07, 6.45) is 0.719. The topological polar surface area (TPSA) is 59.6 Å². The van der Waals surface area contributed by atoms with Gasteiger partial charge >= 0.3 is 6.03 Å². The molecule has 0 saturated heterocycles. The molecule has 0 fully saturated rings. The van der Waals surface area contributed by atoms with E-state index < -0.39 is 0 Å². The second-order valence-electron chi connectivity index (χ2n) is 5.02. The lowest BCUT2D eigenvalue weighted by atomic mass is 10.1. The first-order chi connectivity index (χ1) is 11.2. The number of hydrogen-bond acceptors (Lipinski definition) is 3. The first-order valence-corrected chi connectivity index (χ1v) is 7.49. The molecular weight excluding hydrogens is 292 g/mol. The van der Waals surface area contributed by atoms with E-state index >= 15 is 0 Å². The fourth-order valence-corrected chi connectivity index (χ4v) is 2.25. The van der Waals surface area contributed by atoms with Crippen LogP contribution in [-0.4, -0.2) is 26.8 Å². The molecule has 0 aliphatic rings. The summed E-state index contributed by atoms with van der Waals surface area (Å²) in [6.45, 7) is 1.00. The van der Waals surface area contributed by atoms with E-state index in [-0.39, 0.29) is 6.03 Å². The minimum atomic E-state index is -0.192. The largest absolute Gasteiger partial charge is 0.497 e. The fourth-order valence-electron chi connectivity index (χ4n) is 2.25. The van der Waals surface area contributed by atoms with E-state index in [2.05, 4.69) is 10.6 Å². The Morgan fingerprint density at radius 3 is 2.61 bits per heavy atom. The van der Waals surface area contributed by atoms with Crippen LogP contribution < -0.4 is 20.1 Å². The van der Waals surface area contributed by atoms with Crippen LogP contribution in [-0.2, 0) is 13.0 Å². The van der Waals surface area contributed by atoms with Gasteiger partial charge in [-0.1, -0.05) is 30.3 Å². The summed E-state index contributed by atoms with van der Waals surface area (Å²) in [7, 11) is 3.27. The Kier molecular flexibility index (Phi) is 6.29. The van der Waals surface area contributed by atoms with Crippen LogP contribution in [0.3, 0.4) is 0 Å². The van der Waals surface area contributed by atoms with Crippen LogP contribution in [0, 0.1) is 0 Å². The molecule has 0 bridgehead atoms. The van der Waals surface area contributed by atoms with Gasteiger partial charge in [0, 0.05) is 13.1 Å². The Morgan fingerprint density at radius 2 is 1.83 bits per heavy atom. The predicted molar refractivity (Wildman–Crippen MR) is 89.9 cm³/mol. The molecule has 2 aromatic carbocycles. The van der Waals surface area contributed by atoms with E-state index in [0.717, 1.165) is 29.0 Å². The Labute approximate surface area is 136 Å². The first kappa shape index (κ1) is 16.7. The highest BCUT2D eigenvalue weighted by Gasteiger charge is 2.04. The zero-order valence-electron chi connectivity index (χ0n) is 13.5. The number of urea groups is 1. The van der Waals surface area contributed by atoms with Crippen molar-refractivity contribution in [1.82, 2.24) is 10.6 Å². The Hall–Kier alpha value is -2.69. The SMILES string of the molecule is COc1cccc(CNC(=O)NCCc2ccccc2OC)c1. The van der Waals surface area contributed by atoms with Gasteiger partial charge in [-0.15, -0.1) is 0 Å². The zero-order chi connectivity index (χ0) is 16.5. The van der Waals surface area contributed by atoms with Crippen LogP contribution in [0.4, 0.5) is 4.79 Å². The summed E-state index contributed by atoms with van der Waals surface area (Å²) in [5.41, 5.74) is 2.06. The lowest BCUT2D eigenvalue weighted by molar-refractivity contribution is 0.240. The van der Waals surface area contributed by atoms with Crippen molar-refractivity contribution in [3.8, 4) is 11.5 Å². The number of amides is 2. The van der Waals surface area contributed by atoms with Crippen molar-refractivity contribution in [3.05, 3.63) is 59.7 Å². The fraction of sp³-hybridized carbons (Fsp3) is 0.278. The van der Waals surface area contributed by atoms with Gasteiger partial charge in [-0.25, -0.2) is 4.79 Å². The van der Waals surface area contributed by atoms with E-state index in [1.165, 1.54) is 0 Å². The van der Waals surface area contributed by atoms with Gasteiger partial charge in [0.15, 0.2) is 0 Å². The van der Waals surface area contributed by atoms with E-state index in [1.54, 1.807) is 14.2 Å². The summed E-state index contributed by atoms with van der Waals surface area (Å²) in [4.78, 5) is 11.8. The number of carbonyl (C=O) groups is 1. The van der Waals surface area contributed by atoms with Gasteiger partial charge in [-0.05, 0) is 35.7 Å². The van der Waals surface area contributed by atoms with Gasteiger partial charge in [0.05, 0.1) is 14.2 Å². The maximum Gasteiger partial charge on any atom is 0.315 e. The molecule has 0 atom stereocenters. The lowest BCUT2D eigenvalue weighted by Gasteiger charge is -2.10. The molecule has 0 aliphatic carbocycles. The molecule has 5 nitrogen and oxygen atoms in total. The zero-order valence-corrected chi connectivity index (χ0v) is 13.5. The molecule has 0 aromatic heterocycles. The first-order valence-electron chi connectivity index (χ1n) is 7.49. The molecule has 2 N–H and O–H groups in total. The third-order valence-electron chi connectivity index (χ3n) is 3.46. The van der Waals surface area contributed by atoms with Gasteiger partial charge in [0.2, 0.25) is 0 Å². The van der Waals surface area contributed by atoms with Crippen LogP contribution in [0.25, 0.3) is 0 Å². The minimum absolute atomic E-state index is 0.192. The average Bonchev–Trinajstić information content (AvgIpc) is 2.60. The van der Waals surface area contributed by atoms with Crippen molar-refractivity contribution >= 4 is 6.03 Å². The minimum Gasteiger partial charge on any atom is -0.497 e. The number of nitrogens with one attached hydrogen (secondary N) is 2. The smallest absolute Gasteiger partial charge is 0.315 e. The van der Waals surface area contributed by atoms with Crippen molar-refractivity contribution in [1.29, 1.82) is 0 Å². The molecular formula is C18H22N2O3. The number of methoxy groups -OCH3 is 2. The van der Waals surface area contributed by atoms with Gasteiger partial charge in [-0.2, -0.15) is 0 Å². The second-order valence-corrected chi connectivity index (χ2v) is 5.02. The Morgan fingerprint density at radius 1 is 1.00 bits per heavy atom. The highest BCUT2D eigenvalue weighted by Crippen LogP contribution is 2.17. The maximum absolute atomic E-state index is 11.8. The molecule has 122 valence electrons. The highest BCUT2D eigenvalue weighted by molar-refractivity contribution is 5.73. The second kappa shape index (κ2) is 8.68. The molecule has 0 radical (unpaired) electrons. The summed E-state index contributed by atoms with van der Waals surface area (Å²) in [5.74, 6) is 1.62. The van der Waals surface area contributed by atoms with Crippen LogP contribution in [0.15, 0.2) is 48.5 Å². The van der Waals surface area contributed by atoms with Crippen molar-refractivity contribution in [2.24, 2.45) is 0 Å². The Bertz CT molecular complexity index is 644. The quantitative estimate of drug-likeness (QED) is 0.826. The van der Waals surface area contributed by atoms with Gasteiger partial charge < -0.3 is 20.1 Å². The molecule has 0 aliphatic heterocycles. The van der Waals surface area contributed by atoms with Crippen LogP contribution >= 0.6 is 0 Å². The van der Waals surface area contributed by atoms with Crippen molar-refractivity contribution in [2.75, 3.05) is 20.8 Å². The monoisotopic (exact) mass is 314 g/mol. The lowest BCUT2D eigenvalue weighted by Crippen LogP contribution is -2.36. The van der Waals surface area contributed by atoms with Crippen LogP contribution in [0.2, 0.25) is 0 Å². The highest BCUT2D eigenvalue weighted by atomic mass is 16.5. The number of rotatable bonds is 7. The van der Waals surface area contributed by atoms with Crippen LogP contribution in [0.5, 0.6) is 11.5 Å². The number of benzene rings is 2. The summed E-state index contributed by atoms with van der Waals surface area (Å²) < 4.78 is 10.4. The standard InChI is InChI=1S/C18H22N2O3/c1-22-16-8-5-6-14(12-16)13-20-18(21)19-11-10-15-7-3-4-9-17(15)23-2/h3-9,12H,10-11,13H2,1-2H3,(H2,19,20,21). The summed E-state index contributed by atoms with van der Waals surface area (Å²) in [6, 6.07) is 15.2. The molecule has 0 saturated carbocycles. The molecule has 2 amide bonds. The molecule has 0 unspecified atom stereocenters. The van der Waals surface area contributed by atoms with E-state index in [9.17, 15) is 4.79 Å². The number of ether oxygens (including phenoxy) is 2. The third-order valence-corrected chi connectivity index (χ3v) is 3.46. The molecule has 2 rings (SSSR count). The van der Waals surface area contributed by atoms with E-state index in [4.69, 9.17) is 9.47 Å². The van der Waals surface area contributed by atoms with E-state index in [1.807, 2.05) is 48.5 Å². The maximum atomic E-state index is 11.8. The van der Waals surface area contributed by atoms with Crippen molar-refractivity contribution < 1.29 is 14.3 Å². The molecule has 0 heterocycles. The molecule has 0 spiro atoms. The number of hydrogen-bond donors (Lipinski definition) is 2. The van der Waals surface area contributed by atoms with Gasteiger partial charge in [-0.3, -0.25) is 0 Å². The normalized spacial score (nSPS) is 10.0. The predicted octanol–water partition coefficient (Wildman–Crippen LogP) is 2.75. The third kappa shape index (κ3) is 5.21. The van der Waals surface area contributed by atoms with Crippen molar-refractivity contribution in [3.63, 3.8) is 0 Å². The molecule has 23 heavy (non-hydrogen) atoms. The molecule has 5 heteroatoms. The van der Waals surface area contributed by atoms with Crippen LogP contribution in [0.1, 0.15) is 11.1 Å².